The lowest BCUT2D eigenvalue weighted by Crippen LogP contribution is -2.27. The highest BCUT2D eigenvalue weighted by Gasteiger charge is 2.18. The minimum absolute atomic E-state index is 0.0284. The molecule has 0 fully saturated rings. The van der Waals surface area contributed by atoms with E-state index >= 15 is 0 Å². The van der Waals surface area contributed by atoms with Crippen LogP contribution in [0.25, 0.3) is 11.2 Å². The van der Waals surface area contributed by atoms with Crippen molar-refractivity contribution in [3.05, 3.63) is 6.33 Å². The van der Waals surface area contributed by atoms with Crippen molar-refractivity contribution >= 4 is 29.0 Å². The third kappa shape index (κ3) is 2.65. The number of nitrogens with zero attached hydrogens (tertiary/aromatic N) is 3. The zero-order chi connectivity index (χ0) is 13.3. The fraction of sp³-hybridized carbons (Fsp3) is 0.400. The van der Waals surface area contributed by atoms with E-state index in [-0.39, 0.29) is 11.8 Å². The number of rotatable bonds is 1. The van der Waals surface area contributed by atoms with E-state index in [1.807, 2.05) is 0 Å². The normalized spacial score (nSPS) is 11.5. The Bertz CT molecular complexity index is 586. The maximum absolute atomic E-state index is 11.6. The van der Waals surface area contributed by atoms with Crippen LogP contribution in [0.3, 0.4) is 0 Å². The second-order valence-electron chi connectivity index (χ2n) is 4.66. The molecule has 4 N–H and O–H groups in total. The molecule has 8 nitrogen and oxygen atoms in total. The topological polar surface area (TPSA) is 119 Å². The molecule has 0 atom stereocenters. The summed E-state index contributed by atoms with van der Waals surface area (Å²) in [7, 11) is 0. The number of imidazole rings is 1. The average Bonchev–Trinajstić information content (AvgIpc) is 2.61. The standard InChI is InChI=1S/C10H14N6O2/c1-10(2,3)18-9(17)16-7-5-6(13-4-12-5)14-8(11)15-7/h4H,1-3H3,(H4,11,12,13,14,15,16,17). The molecule has 0 aliphatic heterocycles. The molecule has 2 aromatic rings. The summed E-state index contributed by atoms with van der Waals surface area (Å²) < 4.78 is 5.12. The van der Waals surface area contributed by atoms with E-state index in [9.17, 15) is 4.79 Å². The Morgan fingerprint density at radius 3 is 2.83 bits per heavy atom. The third-order valence-electron chi connectivity index (χ3n) is 1.92. The van der Waals surface area contributed by atoms with Crippen molar-refractivity contribution in [3.8, 4) is 0 Å². The maximum atomic E-state index is 11.6. The summed E-state index contributed by atoms with van der Waals surface area (Å²) in [6.07, 6.45) is 0.829. The van der Waals surface area contributed by atoms with Crippen LogP contribution in [0, 0.1) is 0 Å². The smallest absolute Gasteiger partial charge is 0.413 e. The van der Waals surface area contributed by atoms with Gasteiger partial charge in [0.2, 0.25) is 5.95 Å². The number of H-pyrrole nitrogens is 1. The number of hydrogen-bond donors (Lipinski definition) is 3. The van der Waals surface area contributed by atoms with E-state index in [4.69, 9.17) is 10.5 Å². The largest absolute Gasteiger partial charge is 0.444 e. The molecule has 0 radical (unpaired) electrons. The molecular weight excluding hydrogens is 236 g/mol. The number of aromatic amines is 1. The highest BCUT2D eigenvalue weighted by molar-refractivity contribution is 5.93. The Kier molecular flexibility index (Phi) is 2.77. The molecule has 2 heterocycles. The lowest BCUT2D eigenvalue weighted by atomic mass is 10.2. The van der Waals surface area contributed by atoms with Gasteiger partial charge in [0.15, 0.2) is 11.5 Å². The monoisotopic (exact) mass is 250 g/mol. The first kappa shape index (κ1) is 12.1. The number of ether oxygens (including phenoxy) is 1. The number of hydrogen-bond acceptors (Lipinski definition) is 6. The van der Waals surface area contributed by atoms with Crippen molar-refractivity contribution in [1.29, 1.82) is 0 Å². The van der Waals surface area contributed by atoms with Gasteiger partial charge in [-0.1, -0.05) is 0 Å². The molecule has 2 aromatic heterocycles. The third-order valence-corrected chi connectivity index (χ3v) is 1.92. The molecular formula is C10H14N6O2. The summed E-state index contributed by atoms with van der Waals surface area (Å²) in [6.45, 7) is 5.31. The van der Waals surface area contributed by atoms with Crippen LogP contribution in [0.15, 0.2) is 6.33 Å². The van der Waals surface area contributed by atoms with Gasteiger partial charge in [0, 0.05) is 0 Å². The highest BCUT2D eigenvalue weighted by Crippen LogP contribution is 2.18. The van der Waals surface area contributed by atoms with Crippen LogP contribution in [0.2, 0.25) is 0 Å². The fourth-order valence-corrected chi connectivity index (χ4v) is 1.34. The highest BCUT2D eigenvalue weighted by atomic mass is 16.6. The molecule has 0 aliphatic rings. The van der Waals surface area contributed by atoms with E-state index in [1.54, 1.807) is 20.8 Å². The molecule has 96 valence electrons. The average molecular weight is 250 g/mol. The van der Waals surface area contributed by atoms with E-state index in [0.717, 1.165) is 0 Å². The SMILES string of the molecule is CC(C)(C)OC(=O)Nc1nc(N)nc2nc[nH]c12. The number of nitrogen functional groups attached to an aromatic ring is 1. The van der Waals surface area contributed by atoms with Crippen LogP contribution in [0.4, 0.5) is 16.6 Å². The van der Waals surface area contributed by atoms with Gasteiger partial charge in [-0.05, 0) is 20.8 Å². The lowest BCUT2D eigenvalue weighted by Gasteiger charge is -2.19. The Balaban J connectivity index is 2.26. The van der Waals surface area contributed by atoms with Gasteiger partial charge in [0.05, 0.1) is 6.33 Å². The Labute approximate surface area is 103 Å². The number of nitrogens with two attached hydrogens (primary N) is 1. The van der Waals surface area contributed by atoms with Crippen molar-refractivity contribution in [3.63, 3.8) is 0 Å². The van der Waals surface area contributed by atoms with Crippen molar-refractivity contribution in [2.45, 2.75) is 26.4 Å². The number of anilines is 2. The summed E-state index contributed by atoms with van der Waals surface area (Å²) in [5, 5.41) is 2.50. The van der Waals surface area contributed by atoms with E-state index in [2.05, 4.69) is 25.3 Å². The molecule has 0 aliphatic carbocycles. The number of carbonyl (C=O) groups excluding carboxylic acids is 1. The lowest BCUT2D eigenvalue weighted by molar-refractivity contribution is 0.0635. The quantitative estimate of drug-likeness (QED) is 0.701. The number of amides is 1. The van der Waals surface area contributed by atoms with Crippen LogP contribution in [0.5, 0.6) is 0 Å². The molecule has 1 amide bonds. The van der Waals surface area contributed by atoms with Gasteiger partial charge in [-0.15, -0.1) is 0 Å². The molecule has 0 saturated carbocycles. The Morgan fingerprint density at radius 2 is 2.17 bits per heavy atom. The molecule has 0 spiro atoms. The molecule has 8 heteroatoms. The van der Waals surface area contributed by atoms with Gasteiger partial charge >= 0.3 is 6.09 Å². The predicted molar refractivity (Wildman–Crippen MR) is 66.0 cm³/mol. The summed E-state index contributed by atoms with van der Waals surface area (Å²) in [4.78, 5) is 26.2. The Hall–Kier alpha value is -2.38. The predicted octanol–water partition coefficient (Wildman–Crippen LogP) is 1.28. The summed E-state index contributed by atoms with van der Waals surface area (Å²) in [6, 6.07) is 0. The molecule has 18 heavy (non-hydrogen) atoms. The molecule has 0 bridgehead atoms. The minimum Gasteiger partial charge on any atom is -0.444 e. The van der Waals surface area contributed by atoms with Crippen LogP contribution in [-0.2, 0) is 4.74 Å². The van der Waals surface area contributed by atoms with Gasteiger partial charge in [-0.3, -0.25) is 5.32 Å². The van der Waals surface area contributed by atoms with E-state index in [0.29, 0.717) is 11.2 Å². The van der Waals surface area contributed by atoms with Crippen LogP contribution in [-0.4, -0.2) is 31.6 Å². The second-order valence-corrected chi connectivity index (χ2v) is 4.66. The fourth-order valence-electron chi connectivity index (χ4n) is 1.34. The molecule has 0 aromatic carbocycles. The number of carbonyl (C=O) groups is 1. The first-order chi connectivity index (χ1) is 8.35. The van der Waals surface area contributed by atoms with Gasteiger partial charge in [-0.2, -0.15) is 9.97 Å². The zero-order valence-corrected chi connectivity index (χ0v) is 10.3. The van der Waals surface area contributed by atoms with Crippen LogP contribution < -0.4 is 11.1 Å². The number of nitrogens with one attached hydrogen (secondary N) is 2. The van der Waals surface area contributed by atoms with Crippen molar-refractivity contribution in [2.75, 3.05) is 11.1 Å². The maximum Gasteiger partial charge on any atom is 0.413 e. The van der Waals surface area contributed by atoms with Crippen molar-refractivity contribution in [1.82, 2.24) is 19.9 Å². The first-order valence-electron chi connectivity index (χ1n) is 5.32. The zero-order valence-electron chi connectivity index (χ0n) is 10.3. The van der Waals surface area contributed by atoms with Crippen LogP contribution in [0.1, 0.15) is 20.8 Å². The van der Waals surface area contributed by atoms with E-state index < -0.39 is 11.7 Å². The van der Waals surface area contributed by atoms with Gasteiger partial charge in [0.1, 0.15) is 11.1 Å². The first-order valence-corrected chi connectivity index (χ1v) is 5.32. The molecule has 0 saturated heterocycles. The number of aromatic nitrogens is 4. The summed E-state index contributed by atoms with van der Waals surface area (Å²) >= 11 is 0. The second kappa shape index (κ2) is 4.13. The Morgan fingerprint density at radius 1 is 1.44 bits per heavy atom. The van der Waals surface area contributed by atoms with Crippen molar-refractivity contribution in [2.24, 2.45) is 0 Å². The van der Waals surface area contributed by atoms with E-state index in [1.165, 1.54) is 6.33 Å². The summed E-state index contributed by atoms with van der Waals surface area (Å²) in [5.41, 5.74) is 5.81. The molecule has 2 rings (SSSR count). The van der Waals surface area contributed by atoms with Crippen molar-refractivity contribution < 1.29 is 9.53 Å². The van der Waals surface area contributed by atoms with Gasteiger partial charge in [0.25, 0.3) is 0 Å². The summed E-state index contributed by atoms with van der Waals surface area (Å²) in [5.74, 6) is 0.268. The number of fused-ring (bicyclic) bond motifs is 1. The minimum atomic E-state index is -0.614. The molecule has 0 unspecified atom stereocenters. The van der Waals surface area contributed by atoms with Gasteiger partial charge < -0.3 is 15.5 Å². The van der Waals surface area contributed by atoms with Gasteiger partial charge in [-0.25, -0.2) is 9.78 Å². The van der Waals surface area contributed by atoms with Crippen LogP contribution >= 0.6 is 0 Å².